The van der Waals surface area contributed by atoms with Gasteiger partial charge in [0, 0.05) is 24.0 Å². The fraction of sp³-hybridized carbons (Fsp3) is 0.222. The second kappa shape index (κ2) is 7.81. The number of aromatic amines is 1. The van der Waals surface area contributed by atoms with Gasteiger partial charge in [-0.25, -0.2) is 19.3 Å². The molecule has 1 atom stereocenters. The summed E-state index contributed by atoms with van der Waals surface area (Å²) in [5, 5.41) is 2.82. The number of rotatable bonds is 6. The van der Waals surface area contributed by atoms with E-state index in [0.29, 0.717) is 17.6 Å². The minimum absolute atomic E-state index is 0.00638. The third-order valence-electron chi connectivity index (χ3n) is 3.87. The van der Waals surface area contributed by atoms with Crippen LogP contribution < -0.4 is 15.8 Å². The largest absolute Gasteiger partial charge is 0.490 e. The molecule has 4 N–H and O–H groups in total. The van der Waals surface area contributed by atoms with Gasteiger partial charge in [-0.3, -0.25) is 4.79 Å². The molecule has 0 bridgehead atoms. The Morgan fingerprint density at radius 2 is 2.30 bits per heavy atom. The van der Waals surface area contributed by atoms with E-state index in [0.717, 1.165) is 0 Å². The van der Waals surface area contributed by atoms with Gasteiger partial charge >= 0.3 is 0 Å². The smallest absolute Gasteiger partial charge is 0.287 e. The lowest BCUT2D eigenvalue weighted by Crippen LogP contribution is -2.32. The Morgan fingerprint density at radius 3 is 3.04 bits per heavy atom. The number of nitrogens with two attached hydrogens (primary N) is 1. The van der Waals surface area contributed by atoms with Gasteiger partial charge in [-0.2, -0.15) is 0 Å². The SMILES string of the molecule is COc1c(N)ncc(/C=C/C[C@H](C)NC(=O)c2nc3ncccc3[nH]2)c1F. The van der Waals surface area contributed by atoms with Crippen LogP contribution in [0.3, 0.4) is 0 Å². The molecule has 0 aromatic carbocycles. The number of nitrogens with zero attached hydrogens (tertiary/aromatic N) is 3. The number of anilines is 1. The van der Waals surface area contributed by atoms with Crippen molar-refractivity contribution < 1.29 is 13.9 Å². The number of ether oxygens (including phenoxy) is 1. The van der Waals surface area contributed by atoms with Gasteiger partial charge in [0.1, 0.15) is 0 Å². The van der Waals surface area contributed by atoms with Crippen molar-refractivity contribution in [3.8, 4) is 5.75 Å². The topological polar surface area (TPSA) is 119 Å². The molecular weight excluding hydrogens is 351 g/mol. The monoisotopic (exact) mass is 370 g/mol. The van der Waals surface area contributed by atoms with Crippen molar-refractivity contribution in [3.05, 3.63) is 47.8 Å². The van der Waals surface area contributed by atoms with Crippen molar-refractivity contribution >= 4 is 29.0 Å². The summed E-state index contributed by atoms with van der Waals surface area (Å²) in [6.45, 7) is 1.83. The average Bonchev–Trinajstić information content (AvgIpc) is 3.08. The molecule has 3 aromatic heterocycles. The zero-order chi connectivity index (χ0) is 19.4. The molecule has 0 saturated carbocycles. The predicted molar refractivity (Wildman–Crippen MR) is 99.6 cm³/mol. The maximum absolute atomic E-state index is 14.2. The van der Waals surface area contributed by atoms with Gasteiger partial charge in [0.2, 0.25) is 0 Å². The Kier molecular flexibility index (Phi) is 5.30. The van der Waals surface area contributed by atoms with Crippen LogP contribution in [0.25, 0.3) is 17.2 Å². The van der Waals surface area contributed by atoms with Crippen molar-refractivity contribution in [2.24, 2.45) is 0 Å². The Balaban J connectivity index is 1.61. The quantitative estimate of drug-likeness (QED) is 0.613. The average molecular weight is 370 g/mol. The highest BCUT2D eigenvalue weighted by Crippen LogP contribution is 2.26. The first-order valence-corrected chi connectivity index (χ1v) is 8.25. The van der Waals surface area contributed by atoms with Crippen LogP contribution in [0.15, 0.2) is 30.6 Å². The Labute approximate surface area is 154 Å². The van der Waals surface area contributed by atoms with Crippen molar-refractivity contribution in [1.82, 2.24) is 25.3 Å². The van der Waals surface area contributed by atoms with E-state index >= 15 is 0 Å². The number of amides is 1. The fourth-order valence-electron chi connectivity index (χ4n) is 2.51. The van der Waals surface area contributed by atoms with E-state index < -0.39 is 5.82 Å². The number of halogens is 1. The summed E-state index contributed by atoms with van der Waals surface area (Å²) < 4.78 is 19.1. The zero-order valence-corrected chi connectivity index (χ0v) is 14.9. The normalized spacial score (nSPS) is 12.4. The number of pyridine rings is 2. The number of nitrogen functional groups attached to an aromatic ring is 1. The number of hydrogen-bond acceptors (Lipinski definition) is 6. The Hall–Kier alpha value is -3.49. The maximum Gasteiger partial charge on any atom is 0.287 e. The van der Waals surface area contributed by atoms with Crippen LogP contribution in [0.1, 0.15) is 29.5 Å². The molecule has 3 rings (SSSR count). The molecule has 0 unspecified atom stereocenters. The van der Waals surface area contributed by atoms with Crippen LogP contribution in [0.4, 0.5) is 10.2 Å². The molecule has 3 heterocycles. The minimum Gasteiger partial charge on any atom is -0.490 e. The molecule has 0 aliphatic rings. The van der Waals surface area contributed by atoms with Crippen LogP contribution in [-0.4, -0.2) is 39.0 Å². The molecule has 140 valence electrons. The summed E-state index contributed by atoms with van der Waals surface area (Å²) in [7, 11) is 1.33. The summed E-state index contributed by atoms with van der Waals surface area (Å²) in [4.78, 5) is 27.3. The molecular formula is C18H19FN6O2. The van der Waals surface area contributed by atoms with Crippen LogP contribution in [0, 0.1) is 5.82 Å². The summed E-state index contributed by atoms with van der Waals surface area (Å²) in [6.07, 6.45) is 6.72. The first-order chi connectivity index (χ1) is 13.0. The highest BCUT2D eigenvalue weighted by Gasteiger charge is 2.14. The van der Waals surface area contributed by atoms with Crippen LogP contribution in [-0.2, 0) is 0 Å². The summed E-state index contributed by atoms with van der Waals surface area (Å²) >= 11 is 0. The molecule has 0 spiro atoms. The first kappa shape index (κ1) is 18.3. The molecule has 0 fully saturated rings. The van der Waals surface area contributed by atoms with E-state index in [1.54, 1.807) is 30.5 Å². The molecule has 0 saturated heterocycles. The van der Waals surface area contributed by atoms with Crippen molar-refractivity contribution in [2.45, 2.75) is 19.4 Å². The number of H-pyrrole nitrogens is 1. The zero-order valence-electron chi connectivity index (χ0n) is 14.9. The van der Waals surface area contributed by atoms with Crippen molar-refractivity contribution in [2.75, 3.05) is 12.8 Å². The number of imidazole rings is 1. The van der Waals surface area contributed by atoms with Gasteiger partial charge in [-0.15, -0.1) is 0 Å². The lowest BCUT2D eigenvalue weighted by molar-refractivity contribution is 0.0931. The fourth-order valence-corrected chi connectivity index (χ4v) is 2.51. The number of fused-ring (bicyclic) bond motifs is 1. The predicted octanol–water partition coefficient (Wildman–Crippen LogP) is 2.30. The van der Waals surface area contributed by atoms with Gasteiger partial charge in [-0.05, 0) is 25.5 Å². The molecule has 8 nitrogen and oxygen atoms in total. The highest BCUT2D eigenvalue weighted by molar-refractivity contribution is 5.93. The highest BCUT2D eigenvalue weighted by atomic mass is 19.1. The molecule has 27 heavy (non-hydrogen) atoms. The third-order valence-corrected chi connectivity index (χ3v) is 3.87. The van der Waals surface area contributed by atoms with E-state index in [4.69, 9.17) is 10.5 Å². The molecule has 0 aliphatic carbocycles. The Morgan fingerprint density at radius 1 is 1.48 bits per heavy atom. The third kappa shape index (κ3) is 4.02. The molecule has 9 heteroatoms. The Bertz CT molecular complexity index is 968. The number of carbonyl (C=O) groups excluding carboxylic acids is 1. The van der Waals surface area contributed by atoms with Crippen molar-refractivity contribution in [3.63, 3.8) is 0 Å². The second-order valence-corrected chi connectivity index (χ2v) is 5.92. The molecule has 1 amide bonds. The number of aromatic nitrogens is 4. The van der Waals surface area contributed by atoms with E-state index in [9.17, 15) is 9.18 Å². The lowest BCUT2D eigenvalue weighted by atomic mass is 10.1. The van der Waals surface area contributed by atoms with E-state index in [1.807, 2.05) is 6.92 Å². The molecule has 3 aromatic rings. The van der Waals surface area contributed by atoms with Crippen molar-refractivity contribution in [1.29, 1.82) is 0 Å². The number of methoxy groups -OCH3 is 1. The van der Waals surface area contributed by atoms with Crippen LogP contribution >= 0.6 is 0 Å². The van der Waals surface area contributed by atoms with Gasteiger partial charge < -0.3 is 20.8 Å². The summed E-state index contributed by atoms with van der Waals surface area (Å²) in [5.41, 5.74) is 6.98. The van der Waals surface area contributed by atoms with Crippen LogP contribution in [0.2, 0.25) is 0 Å². The van der Waals surface area contributed by atoms with Gasteiger partial charge in [0.05, 0.1) is 12.6 Å². The van der Waals surface area contributed by atoms with E-state index in [-0.39, 0.29) is 34.9 Å². The molecule has 0 radical (unpaired) electrons. The lowest BCUT2D eigenvalue weighted by Gasteiger charge is -2.10. The van der Waals surface area contributed by atoms with Crippen LogP contribution in [0.5, 0.6) is 5.75 Å². The standard InChI is InChI=1S/C18H19FN6O2/c1-10(5-3-6-11-9-22-15(20)14(27-2)13(11)19)23-18(26)17-24-12-7-4-8-21-16(12)25-17/h3-4,6-10H,5H2,1-2H3,(H2,20,22)(H,23,26)(H,21,24,25)/b6-3+/t10-/m0/s1. The van der Waals surface area contributed by atoms with Gasteiger partial charge in [0.25, 0.3) is 5.91 Å². The summed E-state index contributed by atoms with van der Waals surface area (Å²) in [6, 6.07) is 3.36. The summed E-state index contributed by atoms with van der Waals surface area (Å²) in [5.74, 6) is -0.813. The van der Waals surface area contributed by atoms with Gasteiger partial charge in [-0.1, -0.05) is 12.2 Å². The minimum atomic E-state index is -0.576. The first-order valence-electron chi connectivity index (χ1n) is 8.25. The van der Waals surface area contributed by atoms with E-state index in [2.05, 4.69) is 25.3 Å². The number of nitrogens with one attached hydrogen (secondary N) is 2. The molecule has 0 aliphatic heterocycles. The van der Waals surface area contributed by atoms with Gasteiger partial charge in [0.15, 0.2) is 28.9 Å². The number of carbonyl (C=O) groups is 1. The maximum atomic E-state index is 14.2. The van der Waals surface area contributed by atoms with E-state index in [1.165, 1.54) is 13.3 Å². The second-order valence-electron chi connectivity index (χ2n) is 5.92. The number of hydrogen-bond donors (Lipinski definition) is 3.